The summed E-state index contributed by atoms with van der Waals surface area (Å²) in [6.45, 7) is 2.88. The van der Waals surface area contributed by atoms with Gasteiger partial charge in [0, 0.05) is 24.6 Å². The second-order valence-corrected chi connectivity index (χ2v) is 7.60. The third-order valence-electron chi connectivity index (χ3n) is 4.55. The molecule has 150 valence electrons. The molecule has 0 aromatic heterocycles. The van der Waals surface area contributed by atoms with Crippen LogP contribution in [0.3, 0.4) is 0 Å². The van der Waals surface area contributed by atoms with Crippen LogP contribution in [0.1, 0.15) is 62.2 Å². The highest BCUT2D eigenvalue weighted by molar-refractivity contribution is 9.10. The van der Waals surface area contributed by atoms with Gasteiger partial charge in [-0.1, -0.05) is 26.2 Å². The molecule has 2 N–H and O–H groups in total. The number of hydrogen-bond donors (Lipinski definition) is 2. The van der Waals surface area contributed by atoms with Gasteiger partial charge in [-0.2, -0.15) is 0 Å². The summed E-state index contributed by atoms with van der Waals surface area (Å²) in [5.74, 6) is 0.826. The maximum atomic E-state index is 12.4. The van der Waals surface area contributed by atoms with Crippen molar-refractivity contribution >= 4 is 27.7 Å². The number of halogens is 1. The number of amides is 2. The van der Waals surface area contributed by atoms with Crippen LogP contribution in [-0.4, -0.2) is 38.1 Å². The zero-order valence-corrected chi connectivity index (χ0v) is 17.7. The van der Waals surface area contributed by atoms with Crippen LogP contribution < -0.4 is 20.1 Å². The molecule has 0 radical (unpaired) electrons. The van der Waals surface area contributed by atoms with Gasteiger partial charge in [0.05, 0.1) is 18.2 Å². The molecule has 6 nitrogen and oxygen atoms in total. The van der Waals surface area contributed by atoms with Crippen molar-refractivity contribution in [3.8, 4) is 11.5 Å². The first-order chi connectivity index (χ1) is 13.0. The Hall–Kier alpha value is -1.76. The topological polar surface area (TPSA) is 76.7 Å². The molecular formula is C20H29BrN2O4. The third kappa shape index (κ3) is 6.72. The molecule has 0 heterocycles. The van der Waals surface area contributed by atoms with Crippen molar-refractivity contribution in [1.29, 1.82) is 0 Å². The van der Waals surface area contributed by atoms with Crippen molar-refractivity contribution in [3.63, 3.8) is 0 Å². The number of nitrogens with one attached hydrogen (secondary N) is 2. The van der Waals surface area contributed by atoms with Gasteiger partial charge in [-0.25, -0.2) is 0 Å². The Bertz CT molecular complexity index is 645. The number of methoxy groups -OCH3 is 1. The van der Waals surface area contributed by atoms with Crippen molar-refractivity contribution < 1.29 is 19.1 Å². The lowest BCUT2D eigenvalue weighted by Crippen LogP contribution is -2.38. The van der Waals surface area contributed by atoms with Gasteiger partial charge in [-0.05, 0) is 47.3 Å². The lowest BCUT2D eigenvalue weighted by atomic mass is 9.95. The fraction of sp³-hybridized carbons (Fsp3) is 0.600. The van der Waals surface area contributed by atoms with E-state index < -0.39 is 0 Å². The number of hydrogen-bond acceptors (Lipinski definition) is 4. The van der Waals surface area contributed by atoms with Crippen LogP contribution in [-0.2, 0) is 4.79 Å². The molecular weight excluding hydrogens is 412 g/mol. The van der Waals surface area contributed by atoms with E-state index in [0.29, 0.717) is 34.7 Å². The van der Waals surface area contributed by atoms with E-state index in [1.165, 1.54) is 26.4 Å². The van der Waals surface area contributed by atoms with Gasteiger partial charge in [0.2, 0.25) is 5.91 Å². The van der Waals surface area contributed by atoms with E-state index >= 15 is 0 Å². The van der Waals surface area contributed by atoms with Crippen molar-refractivity contribution in [3.05, 3.63) is 22.2 Å². The van der Waals surface area contributed by atoms with Gasteiger partial charge in [-0.15, -0.1) is 0 Å². The van der Waals surface area contributed by atoms with Crippen molar-refractivity contribution in [2.75, 3.05) is 20.3 Å². The molecule has 1 aromatic rings. The van der Waals surface area contributed by atoms with E-state index in [-0.39, 0.29) is 24.3 Å². The first-order valence-electron chi connectivity index (χ1n) is 9.63. The maximum absolute atomic E-state index is 12.4. The van der Waals surface area contributed by atoms with Gasteiger partial charge in [0.25, 0.3) is 5.91 Å². The van der Waals surface area contributed by atoms with Crippen LogP contribution in [0.25, 0.3) is 0 Å². The second kappa shape index (κ2) is 11.2. The predicted octanol–water partition coefficient (Wildman–Crippen LogP) is 3.82. The summed E-state index contributed by atoms with van der Waals surface area (Å²) >= 11 is 3.43. The van der Waals surface area contributed by atoms with Crippen molar-refractivity contribution in [1.82, 2.24) is 10.6 Å². The Morgan fingerprint density at radius 3 is 2.63 bits per heavy atom. The Morgan fingerprint density at radius 1 is 1.22 bits per heavy atom. The average molecular weight is 441 g/mol. The van der Waals surface area contributed by atoms with Gasteiger partial charge in [0.1, 0.15) is 0 Å². The largest absolute Gasteiger partial charge is 0.493 e. The summed E-state index contributed by atoms with van der Waals surface area (Å²) in [4.78, 5) is 24.4. The first kappa shape index (κ1) is 21.5. The molecule has 1 aliphatic carbocycles. The highest BCUT2D eigenvalue weighted by Gasteiger charge is 2.17. The quantitative estimate of drug-likeness (QED) is 0.611. The molecule has 1 fully saturated rings. The molecule has 7 heteroatoms. The highest BCUT2D eigenvalue weighted by Crippen LogP contribution is 2.36. The number of rotatable bonds is 9. The zero-order valence-electron chi connectivity index (χ0n) is 16.1. The maximum Gasteiger partial charge on any atom is 0.251 e. The lowest BCUT2D eigenvalue weighted by molar-refractivity contribution is -0.121. The Morgan fingerprint density at radius 2 is 1.96 bits per heavy atom. The van der Waals surface area contributed by atoms with Crippen molar-refractivity contribution in [2.45, 2.75) is 57.9 Å². The SMILES string of the molecule is CCCOc1c(Br)cc(C(=O)NCCC(=O)NC2CCCCC2)cc1OC. The fourth-order valence-electron chi connectivity index (χ4n) is 3.13. The molecule has 1 saturated carbocycles. The van der Waals surface area contributed by atoms with E-state index in [4.69, 9.17) is 9.47 Å². The molecule has 1 aromatic carbocycles. The summed E-state index contributed by atoms with van der Waals surface area (Å²) in [7, 11) is 1.54. The summed E-state index contributed by atoms with van der Waals surface area (Å²) in [6.07, 6.45) is 6.87. The first-order valence-corrected chi connectivity index (χ1v) is 10.4. The summed E-state index contributed by atoms with van der Waals surface area (Å²) in [5.41, 5.74) is 0.454. The minimum absolute atomic E-state index is 0.00993. The molecule has 0 aliphatic heterocycles. The lowest BCUT2D eigenvalue weighted by Gasteiger charge is -2.22. The smallest absolute Gasteiger partial charge is 0.251 e. The van der Waals surface area contributed by atoms with Crippen LogP contribution in [0.4, 0.5) is 0 Å². The standard InChI is InChI=1S/C20H29BrN2O4/c1-3-11-27-19-16(21)12-14(13-17(19)26-2)20(25)22-10-9-18(24)23-15-7-5-4-6-8-15/h12-13,15H,3-11H2,1-2H3,(H,22,25)(H,23,24). The molecule has 0 saturated heterocycles. The van der Waals surface area contributed by atoms with E-state index in [0.717, 1.165) is 19.3 Å². The summed E-state index contributed by atoms with van der Waals surface area (Å²) in [6, 6.07) is 3.64. The average Bonchev–Trinajstić information content (AvgIpc) is 2.67. The zero-order chi connectivity index (χ0) is 19.6. The van der Waals surface area contributed by atoms with Gasteiger partial charge >= 0.3 is 0 Å². The normalized spacial score (nSPS) is 14.5. The van der Waals surface area contributed by atoms with Crippen LogP contribution in [0.15, 0.2) is 16.6 Å². The van der Waals surface area contributed by atoms with E-state index in [2.05, 4.69) is 26.6 Å². The van der Waals surface area contributed by atoms with Crippen LogP contribution in [0.5, 0.6) is 11.5 Å². The molecule has 0 spiro atoms. The Labute approximate surface area is 169 Å². The van der Waals surface area contributed by atoms with E-state index in [1.54, 1.807) is 12.1 Å². The van der Waals surface area contributed by atoms with Crippen LogP contribution >= 0.6 is 15.9 Å². The summed E-state index contributed by atoms with van der Waals surface area (Å²) in [5, 5.41) is 5.84. The number of benzene rings is 1. The molecule has 0 bridgehead atoms. The summed E-state index contributed by atoms with van der Waals surface area (Å²) < 4.78 is 11.7. The van der Waals surface area contributed by atoms with E-state index in [1.807, 2.05) is 6.92 Å². The third-order valence-corrected chi connectivity index (χ3v) is 5.14. The number of ether oxygens (including phenoxy) is 2. The minimum atomic E-state index is -0.249. The van der Waals surface area contributed by atoms with E-state index in [9.17, 15) is 9.59 Å². The minimum Gasteiger partial charge on any atom is -0.493 e. The Kier molecular flexibility index (Phi) is 8.91. The second-order valence-electron chi connectivity index (χ2n) is 6.75. The molecule has 0 atom stereocenters. The van der Waals surface area contributed by atoms with Crippen LogP contribution in [0, 0.1) is 0 Å². The predicted molar refractivity (Wildman–Crippen MR) is 108 cm³/mol. The monoisotopic (exact) mass is 440 g/mol. The number of carbonyl (C=O) groups is 2. The van der Waals surface area contributed by atoms with Gasteiger partial charge in [0.15, 0.2) is 11.5 Å². The fourth-order valence-corrected chi connectivity index (χ4v) is 3.69. The molecule has 2 amide bonds. The molecule has 0 unspecified atom stereocenters. The van der Waals surface area contributed by atoms with Gasteiger partial charge < -0.3 is 20.1 Å². The molecule has 27 heavy (non-hydrogen) atoms. The molecule has 1 aliphatic rings. The van der Waals surface area contributed by atoms with Gasteiger partial charge in [-0.3, -0.25) is 9.59 Å². The van der Waals surface area contributed by atoms with Crippen molar-refractivity contribution in [2.24, 2.45) is 0 Å². The Balaban J connectivity index is 1.85. The number of carbonyl (C=O) groups excluding carboxylic acids is 2. The van der Waals surface area contributed by atoms with Crippen LogP contribution in [0.2, 0.25) is 0 Å². The molecule has 2 rings (SSSR count). The highest BCUT2D eigenvalue weighted by atomic mass is 79.9.